The summed E-state index contributed by atoms with van der Waals surface area (Å²) in [7, 11) is 0. The maximum absolute atomic E-state index is 14.9. The van der Waals surface area contributed by atoms with Crippen molar-refractivity contribution in [3.05, 3.63) is 75.7 Å². The van der Waals surface area contributed by atoms with Gasteiger partial charge in [-0.05, 0) is 56.4 Å². The highest BCUT2D eigenvalue weighted by Crippen LogP contribution is 2.49. The third-order valence-electron chi connectivity index (χ3n) is 7.87. The van der Waals surface area contributed by atoms with Crippen LogP contribution in [0.25, 0.3) is 11.6 Å². The SMILES string of the molecule is O=[N+]([O-])c1cc(C2CC2)c2nc1-c1nnc(o1)C(OCc1ccccc1)(C(F)(F)F)CCC=CC[C@@H]1CCCN21. The Kier molecular flexibility index (Phi) is 6.81. The molecule has 210 valence electrons. The van der Waals surface area contributed by atoms with Crippen LogP contribution < -0.4 is 4.90 Å². The van der Waals surface area contributed by atoms with Crippen molar-refractivity contribution >= 4 is 11.5 Å². The molecule has 2 aromatic heterocycles. The summed E-state index contributed by atoms with van der Waals surface area (Å²) in [5, 5.41) is 19.8. The van der Waals surface area contributed by atoms with Crippen LogP contribution in [0.5, 0.6) is 0 Å². The molecule has 1 aromatic carbocycles. The van der Waals surface area contributed by atoms with Gasteiger partial charge in [-0.3, -0.25) is 10.1 Å². The van der Waals surface area contributed by atoms with E-state index in [1.54, 1.807) is 36.4 Å². The molecular formula is C28H28F3N5O4. The lowest BCUT2D eigenvalue weighted by molar-refractivity contribution is -0.384. The van der Waals surface area contributed by atoms with Crippen LogP contribution in [0.4, 0.5) is 24.7 Å². The monoisotopic (exact) mass is 555 g/mol. The van der Waals surface area contributed by atoms with Gasteiger partial charge in [0.1, 0.15) is 5.82 Å². The summed E-state index contributed by atoms with van der Waals surface area (Å²) in [5.41, 5.74) is -2.20. The van der Waals surface area contributed by atoms with E-state index in [2.05, 4.69) is 20.1 Å². The van der Waals surface area contributed by atoms with E-state index in [1.165, 1.54) is 6.07 Å². The summed E-state index contributed by atoms with van der Waals surface area (Å²) in [4.78, 5) is 18.4. The number of hydrogen-bond acceptors (Lipinski definition) is 8. The number of rotatable bonds is 5. The van der Waals surface area contributed by atoms with Crippen LogP contribution in [0.15, 0.2) is 53.0 Å². The molecule has 1 unspecified atom stereocenters. The fourth-order valence-corrected chi connectivity index (χ4v) is 5.60. The quantitative estimate of drug-likeness (QED) is 0.197. The van der Waals surface area contributed by atoms with Gasteiger partial charge in [-0.2, -0.15) is 13.2 Å². The van der Waals surface area contributed by atoms with Crippen LogP contribution >= 0.6 is 0 Å². The maximum atomic E-state index is 14.9. The Morgan fingerprint density at radius 3 is 2.67 bits per heavy atom. The molecule has 3 aliphatic rings. The number of aromatic nitrogens is 3. The Labute approximate surface area is 228 Å². The largest absolute Gasteiger partial charge is 0.426 e. The first-order chi connectivity index (χ1) is 19.3. The zero-order valence-electron chi connectivity index (χ0n) is 21.6. The van der Waals surface area contributed by atoms with E-state index in [-0.39, 0.29) is 36.4 Å². The van der Waals surface area contributed by atoms with Crippen LogP contribution in [0.1, 0.15) is 67.9 Å². The lowest BCUT2D eigenvalue weighted by Gasteiger charge is -2.32. The number of halogens is 3. The van der Waals surface area contributed by atoms with Gasteiger partial charge in [-0.15, -0.1) is 10.2 Å². The van der Waals surface area contributed by atoms with Crippen molar-refractivity contribution in [3.63, 3.8) is 0 Å². The molecule has 1 saturated heterocycles. The van der Waals surface area contributed by atoms with Crippen LogP contribution in [0.2, 0.25) is 0 Å². The average molecular weight is 556 g/mol. The summed E-state index contributed by atoms with van der Waals surface area (Å²) in [5.74, 6) is -0.475. The number of allylic oxidation sites excluding steroid dienone is 1. The molecule has 2 fully saturated rings. The summed E-state index contributed by atoms with van der Waals surface area (Å²) in [6.07, 6.45) is 2.51. The number of nitro groups is 1. The van der Waals surface area contributed by atoms with Crippen molar-refractivity contribution in [3.8, 4) is 11.6 Å². The number of ether oxygens (including phenoxy) is 1. The van der Waals surface area contributed by atoms with E-state index in [9.17, 15) is 23.3 Å². The van der Waals surface area contributed by atoms with Crippen LogP contribution in [-0.2, 0) is 16.9 Å². The predicted octanol–water partition coefficient (Wildman–Crippen LogP) is 6.60. The minimum Gasteiger partial charge on any atom is -0.415 e. The second kappa shape index (κ2) is 10.3. The van der Waals surface area contributed by atoms with Gasteiger partial charge in [0.2, 0.25) is 11.3 Å². The highest BCUT2D eigenvalue weighted by molar-refractivity contribution is 5.69. The average Bonchev–Trinajstić information content (AvgIpc) is 3.46. The molecule has 4 heterocycles. The Bertz CT molecular complexity index is 1420. The molecule has 0 spiro atoms. The first kappa shape index (κ1) is 26.4. The van der Waals surface area contributed by atoms with Gasteiger partial charge in [-0.25, -0.2) is 4.98 Å². The van der Waals surface area contributed by atoms with E-state index in [4.69, 9.17) is 9.15 Å². The number of alkyl halides is 3. The number of fused-ring (bicyclic) bond motifs is 7. The number of benzene rings is 1. The Morgan fingerprint density at radius 1 is 1.15 bits per heavy atom. The predicted molar refractivity (Wildman–Crippen MR) is 138 cm³/mol. The molecule has 4 bridgehead atoms. The zero-order valence-corrected chi connectivity index (χ0v) is 21.6. The van der Waals surface area contributed by atoms with Gasteiger partial charge in [0.05, 0.1) is 11.5 Å². The Hall–Kier alpha value is -3.80. The van der Waals surface area contributed by atoms with Crippen molar-refractivity contribution < 1.29 is 27.2 Å². The number of nitrogens with zero attached hydrogens (tertiary/aromatic N) is 5. The van der Waals surface area contributed by atoms with E-state index in [0.717, 1.165) is 37.8 Å². The van der Waals surface area contributed by atoms with Gasteiger partial charge in [0.25, 0.3) is 11.8 Å². The van der Waals surface area contributed by atoms with E-state index >= 15 is 0 Å². The molecule has 2 aliphatic heterocycles. The Morgan fingerprint density at radius 2 is 1.95 bits per heavy atom. The van der Waals surface area contributed by atoms with Crippen molar-refractivity contribution in [2.24, 2.45) is 0 Å². The fourth-order valence-electron chi connectivity index (χ4n) is 5.60. The second-order valence-electron chi connectivity index (χ2n) is 10.5. The third kappa shape index (κ3) is 4.85. The number of hydrogen-bond donors (Lipinski definition) is 0. The number of pyridine rings is 1. The molecule has 2 atom stereocenters. The van der Waals surface area contributed by atoms with Crippen molar-refractivity contribution in [2.75, 3.05) is 11.4 Å². The molecule has 12 heteroatoms. The van der Waals surface area contributed by atoms with Crippen LogP contribution in [0.3, 0.4) is 0 Å². The van der Waals surface area contributed by atoms with Gasteiger partial charge in [0.15, 0.2) is 0 Å². The first-order valence-corrected chi connectivity index (χ1v) is 13.5. The molecule has 3 aromatic rings. The summed E-state index contributed by atoms with van der Waals surface area (Å²) in [6, 6.07) is 10.1. The number of anilines is 1. The molecule has 6 rings (SSSR count). The highest BCUT2D eigenvalue weighted by atomic mass is 19.4. The molecule has 0 radical (unpaired) electrons. The van der Waals surface area contributed by atoms with E-state index in [0.29, 0.717) is 17.8 Å². The van der Waals surface area contributed by atoms with Crippen molar-refractivity contribution in [1.29, 1.82) is 0 Å². The first-order valence-electron chi connectivity index (χ1n) is 13.5. The van der Waals surface area contributed by atoms with Gasteiger partial charge in [0, 0.05) is 24.2 Å². The second-order valence-corrected chi connectivity index (χ2v) is 10.5. The van der Waals surface area contributed by atoms with Crippen LogP contribution in [-0.4, -0.2) is 38.9 Å². The van der Waals surface area contributed by atoms with E-state index < -0.39 is 34.9 Å². The molecule has 0 amide bonds. The summed E-state index contributed by atoms with van der Waals surface area (Å²) >= 11 is 0. The lowest BCUT2D eigenvalue weighted by Crippen LogP contribution is -2.45. The molecule has 1 saturated carbocycles. The Balaban J connectivity index is 1.50. The van der Waals surface area contributed by atoms with Crippen LogP contribution in [0, 0.1) is 10.1 Å². The molecular weight excluding hydrogens is 527 g/mol. The zero-order chi connectivity index (χ0) is 27.9. The van der Waals surface area contributed by atoms with Gasteiger partial charge in [-0.1, -0.05) is 42.5 Å². The summed E-state index contributed by atoms with van der Waals surface area (Å²) in [6.45, 7) is 0.388. The standard InChI is InChI=1S/C28H28F3N5O4/c29-28(30,31)27(39-17-18-8-3-1-4-9-18)14-6-2-5-10-20-11-7-15-35(20)24-21(19-12-13-19)16-22(36(37)38)23(32-24)25-33-34-26(27)40-25/h1-5,8-9,16,19-20H,6-7,10-15,17H2/t20-,27?/m1/s1. The minimum atomic E-state index is -4.92. The molecule has 1 aliphatic carbocycles. The summed E-state index contributed by atoms with van der Waals surface area (Å²) < 4.78 is 55.9. The minimum absolute atomic E-state index is 0.0513. The molecule has 40 heavy (non-hydrogen) atoms. The van der Waals surface area contributed by atoms with Crippen molar-refractivity contribution in [1.82, 2.24) is 15.2 Å². The maximum Gasteiger partial charge on any atom is 0.426 e. The van der Waals surface area contributed by atoms with E-state index in [1.807, 2.05) is 6.08 Å². The smallest absolute Gasteiger partial charge is 0.415 e. The van der Waals surface area contributed by atoms with Gasteiger partial charge >= 0.3 is 11.9 Å². The third-order valence-corrected chi connectivity index (χ3v) is 7.87. The molecule has 0 N–H and O–H groups in total. The topological polar surface area (TPSA) is 107 Å². The van der Waals surface area contributed by atoms with Gasteiger partial charge < -0.3 is 14.1 Å². The normalized spacial score (nSPS) is 23.1. The lowest BCUT2D eigenvalue weighted by atomic mass is 9.95. The molecule has 9 nitrogen and oxygen atoms in total. The highest BCUT2D eigenvalue weighted by Gasteiger charge is 2.61. The van der Waals surface area contributed by atoms with Crippen molar-refractivity contribution in [2.45, 2.75) is 75.3 Å². The fraction of sp³-hybridized carbons (Fsp3) is 0.464.